The fourth-order valence-corrected chi connectivity index (χ4v) is 4.91. The molecule has 2 bridgehead atoms. The Hall–Kier alpha value is -2.96. The Kier molecular flexibility index (Phi) is 5.22. The van der Waals surface area contributed by atoms with E-state index < -0.39 is 11.4 Å². The zero-order valence-electron chi connectivity index (χ0n) is 16.7. The molecule has 7 heteroatoms. The number of carbonyl (C=O) groups excluding carboxylic acids is 2. The molecule has 3 heterocycles. The summed E-state index contributed by atoms with van der Waals surface area (Å²) in [5.74, 6) is 0.0305. The first-order valence-electron chi connectivity index (χ1n) is 9.99. The predicted molar refractivity (Wildman–Crippen MR) is 106 cm³/mol. The van der Waals surface area contributed by atoms with Crippen LogP contribution >= 0.6 is 0 Å². The lowest BCUT2D eigenvalue weighted by Crippen LogP contribution is -2.46. The maximum absolute atomic E-state index is 13.2. The molecular formula is C22H25N3O4. The molecule has 152 valence electrons. The van der Waals surface area contributed by atoms with Crippen molar-refractivity contribution in [3.63, 3.8) is 0 Å². The molecule has 4 rings (SSSR count). The number of nitrogens with zero attached hydrogens (tertiary/aromatic N) is 3. The Morgan fingerprint density at radius 2 is 1.97 bits per heavy atom. The first-order valence-corrected chi connectivity index (χ1v) is 9.99. The van der Waals surface area contributed by atoms with E-state index in [1.807, 2.05) is 25.1 Å². The number of rotatable bonds is 6. The lowest BCUT2D eigenvalue weighted by Gasteiger charge is -2.35. The van der Waals surface area contributed by atoms with Crippen LogP contribution in [0, 0.1) is 5.41 Å². The molecule has 0 aliphatic carbocycles. The Morgan fingerprint density at radius 1 is 1.17 bits per heavy atom. The molecule has 0 spiro atoms. The first-order chi connectivity index (χ1) is 14.1. The van der Waals surface area contributed by atoms with E-state index in [0.29, 0.717) is 18.8 Å². The van der Waals surface area contributed by atoms with Crippen molar-refractivity contribution >= 4 is 17.8 Å². The van der Waals surface area contributed by atoms with Crippen LogP contribution < -0.4 is 4.90 Å². The average molecular weight is 395 g/mol. The average Bonchev–Trinajstić information content (AvgIpc) is 3.30. The van der Waals surface area contributed by atoms with Crippen LogP contribution in [0.2, 0.25) is 0 Å². The minimum atomic E-state index is -0.608. The Balaban J connectivity index is 1.66. The third kappa shape index (κ3) is 3.34. The van der Waals surface area contributed by atoms with Crippen molar-refractivity contribution in [2.45, 2.75) is 44.7 Å². The smallest absolute Gasteiger partial charge is 0.358 e. The van der Waals surface area contributed by atoms with Gasteiger partial charge in [-0.05, 0) is 38.2 Å². The van der Waals surface area contributed by atoms with E-state index in [2.05, 4.69) is 27.0 Å². The lowest BCUT2D eigenvalue weighted by atomic mass is 9.70. The maximum Gasteiger partial charge on any atom is 0.358 e. The van der Waals surface area contributed by atoms with Gasteiger partial charge in [0.1, 0.15) is 5.82 Å². The van der Waals surface area contributed by atoms with Gasteiger partial charge in [0.15, 0.2) is 5.69 Å². The quantitative estimate of drug-likeness (QED) is 0.696. The van der Waals surface area contributed by atoms with Crippen LogP contribution in [0.15, 0.2) is 42.7 Å². The number of aromatic nitrogens is 2. The summed E-state index contributed by atoms with van der Waals surface area (Å²) in [7, 11) is 1.32. The molecule has 2 aliphatic rings. The minimum absolute atomic E-state index is 0.00923. The molecule has 0 saturated carbocycles. The number of benzene rings is 1. The summed E-state index contributed by atoms with van der Waals surface area (Å²) >= 11 is 0. The number of carbonyl (C=O) groups is 2. The van der Waals surface area contributed by atoms with Crippen LogP contribution in [0.4, 0.5) is 5.82 Å². The molecule has 29 heavy (non-hydrogen) atoms. The Bertz CT molecular complexity index is 887. The van der Waals surface area contributed by atoms with Crippen molar-refractivity contribution in [3.8, 4) is 0 Å². The second kappa shape index (κ2) is 7.81. The summed E-state index contributed by atoms with van der Waals surface area (Å²) in [5, 5.41) is 0. The molecule has 2 fully saturated rings. The number of anilines is 1. The molecule has 0 unspecified atom stereocenters. The first kappa shape index (κ1) is 19.4. The van der Waals surface area contributed by atoms with Crippen LogP contribution in [0.25, 0.3) is 0 Å². The largest absolute Gasteiger partial charge is 0.465 e. The van der Waals surface area contributed by atoms with E-state index >= 15 is 0 Å². The predicted octanol–water partition coefficient (Wildman–Crippen LogP) is 2.80. The normalized spacial score (nSPS) is 25.1. The molecule has 2 aromatic rings. The van der Waals surface area contributed by atoms with E-state index in [0.717, 1.165) is 24.8 Å². The van der Waals surface area contributed by atoms with Gasteiger partial charge >= 0.3 is 11.9 Å². The van der Waals surface area contributed by atoms with E-state index in [9.17, 15) is 9.59 Å². The van der Waals surface area contributed by atoms with Crippen LogP contribution in [-0.2, 0) is 20.7 Å². The molecule has 0 amide bonds. The van der Waals surface area contributed by atoms with Gasteiger partial charge in [-0.3, -0.25) is 4.79 Å². The van der Waals surface area contributed by atoms with E-state index in [1.165, 1.54) is 13.3 Å². The van der Waals surface area contributed by atoms with Gasteiger partial charge in [-0.25, -0.2) is 14.8 Å². The fraction of sp³-hybridized carbons (Fsp3) is 0.455. The second-order valence-electron chi connectivity index (χ2n) is 7.65. The highest BCUT2D eigenvalue weighted by Gasteiger charge is 2.61. The van der Waals surface area contributed by atoms with Crippen molar-refractivity contribution in [1.29, 1.82) is 0 Å². The summed E-state index contributed by atoms with van der Waals surface area (Å²) in [6.45, 7) is 2.20. The zero-order valence-corrected chi connectivity index (χ0v) is 16.7. The zero-order chi connectivity index (χ0) is 20.4. The van der Waals surface area contributed by atoms with Crippen molar-refractivity contribution in [2.24, 2.45) is 5.41 Å². The van der Waals surface area contributed by atoms with Gasteiger partial charge in [-0.15, -0.1) is 0 Å². The summed E-state index contributed by atoms with van der Waals surface area (Å²) in [4.78, 5) is 35.7. The van der Waals surface area contributed by atoms with Crippen molar-refractivity contribution < 1.29 is 19.1 Å². The van der Waals surface area contributed by atoms with Crippen LogP contribution in [0.1, 0.15) is 42.2 Å². The third-order valence-corrected chi connectivity index (χ3v) is 6.08. The fourth-order valence-electron chi connectivity index (χ4n) is 4.91. The summed E-state index contributed by atoms with van der Waals surface area (Å²) in [6.07, 6.45) is 6.30. The maximum atomic E-state index is 13.2. The Morgan fingerprint density at radius 3 is 2.62 bits per heavy atom. The molecule has 2 aliphatic heterocycles. The number of ether oxygens (including phenoxy) is 2. The van der Waals surface area contributed by atoms with Gasteiger partial charge in [-0.2, -0.15) is 0 Å². The number of hydrogen-bond donors (Lipinski definition) is 0. The molecule has 0 radical (unpaired) electrons. The van der Waals surface area contributed by atoms with E-state index in [4.69, 9.17) is 9.47 Å². The van der Waals surface area contributed by atoms with Crippen LogP contribution in [-0.4, -0.2) is 47.7 Å². The Labute approximate surface area is 170 Å². The second-order valence-corrected chi connectivity index (χ2v) is 7.65. The summed E-state index contributed by atoms with van der Waals surface area (Å²) in [6, 6.07) is 10.3. The molecule has 3 atom stereocenters. The van der Waals surface area contributed by atoms with Crippen molar-refractivity contribution in [3.05, 3.63) is 54.0 Å². The summed E-state index contributed by atoms with van der Waals surface area (Å²) < 4.78 is 10.2. The van der Waals surface area contributed by atoms with Gasteiger partial charge in [-0.1, -0.05) is 30.3 Å². The van der Waals surface area contributed by atoms with Gasteiger partial charge < -0.3 is 14.4 Å². The van der Waals surface area contributed by atoms with Crippen LogP contribution in [0.3, 0.4) is 0 Å². The highest BCUT2D eigenvalue weighted by Crippen LogP contribution is 2.53. The van der Waals surface area contributed by atoms with E-state index in [1.54, 1.807) is 6.20 Å². The summed E-state index contributed by atoms with van der Waals surface area (Å²) in [5.41, 5.74) is 0.687. The third-order valence-electron chi connectivity index (χ3n) is 6.08. The number of fused-ring (bicyclic) bond motifs is 2. The number of methoxy groups -OCH3 is 1. The molecule has 1 aromatic heterocycles. The van der Waals surface area contributed by atoms with Gasteiger partial charge in [0.05, 0.1) is 31.5 Å². The molecule has 0 N–H and O–H groups in total. The highest BCUT2D eigenvalue weighted by atomic mass is 16.5. The van der Waals surface area contributed by atoms with Gasteiger partial charge in [0.2, 0.25) is 0 Å². The molecule has 2 saturated heterocycles. The lowest BCUT2D eigenvalue weighted by molar-refractivity contribution is -0.156. The van der Waals surface area contributed by atoms with Gasteiger partial charge in [0.25, 0.3) is 0 Å². The highest BCUT2D eigenvalue weighted by molar-refractivity contribution is 5.87. The standard InChI is InChI=1S/C22H25N3O4/c1-3-29-21(27)22(11-15-7-5-4-6-8-15)12-16-9-10-18(22)25(16)19-14-23-17(13-24-19)20(26)28-2/h4-8,13-14,16,18H,3,9-12H2,1-2H3/t16-,18+,22+/m1/s1. The number of esters is 2. The molecular weight excluding hydrogens is 370 g/mol. The van der Waals surface area contributed by atoms with E-state index in [-0.39, 0.29) is 23.7 Å². The monoisotopic (exact) mass is 395 g/mol. The van der Waals surface area contributed by atoms with Gasteiger partial charge in [0, 0.05) is 12.1 Å². The van der Waals surface area contributed by atoms with Crippen molar-refractivity contribution in [1.82, 2.24) is 9.97 Å². The topological polar surface area (TPSA) is 81.6 Å². The SMILES string of the molecule is CCOC(=O)[C@@]1(Cc2ccccc2)C[C@H]2CC[C@@H]1N2c1cnc(C(=O)OC)cn1. The molecule has 1 aromatic carbocycles. The number of hydrogen-bond acceptors (Lipinski definition) is 7. The minimum Gasteiger partial charge on any atom is -0.465 e. The van der Waals surface area contributed by atoms with Crippen molar-refractivity contribution in [2.75, 3.05) is 18.6 Å². The molecule has 7 nitrogen and oxygen atoms in total. The van der Waals surface area contributed by atoms with Crippen LogP contribution in [0.5, 0.6) is 0 Å².